The summed E-state index contributed by atoms with van der Waals surface area (Å²) in [5.41, 5.74) is 1.24. The van der Waals surface area contributed by atoms with Gasteiger partial charge in [0, 0.05) is 10.3 Å². The number of hydrogen-bond acceptors (Lipinski definition) is 10. The van der Waals surface area contributed by atoms with E-state index < -0.39 is 5.41 Å². The highest BCUT2D eigenvalue weighted by atomic mass is 127. The van der Waals surface area contributed by atoms with Crippen LogP contribution < -0.4 is 18.9 Å². The van der Waals surface area contributed by atoms with Crippen molar-refractivity contribution in [3.8, 4) is 35.1 Å². The van der Waals surface area contributed by atoms with Crippen molar-refractivity contribution >= 4 is 22.6 Å². The SMILES string of the molecule is CC(C)I.COc1ccc(C(C#N)(CCC2OCCO2)C(C)C)cc1OC.COc1ccc(C(C#N)CCC2OCCO2)cc1OC. The van der Waals surface area contributed by atoms with Crippen molar-refractivity contribution in [2.75, 3.05) is 54.9 Å². The number of nitrogens with zero attached hydrogens (tertiary/aromatic N) is 2. The Kier molecular flexibility index (Phi) is 18.2. The Morgan fingerprint density at radius 3 is 1.66 bits per heavy atom. The summed E-state index contributed by atoms with van der Waals surface area (Å²) in [4.78, 5) is 0. The fourth-order valence-electron chi connectivity index (χ4n) is 5.30. The fourth-order valence-corrected chi connectivity index (χ4v) is 5.30. The molecule has 0 amide bonds. The molecule has 0 bridgehead atoms. The third-order valence-electron chi connectivity index (χ3n) is 7.90. The maximum absolute atomic E-state index is 9.96. The first-order valence-electron chi connectivity index (χ1n) is 15.9. The van der Waals surface area contributed by atoms with Gasteiger partial charge in [0.05, 0.1) is 78.3 Å². The predicted molar refractivity (Wildman–Crippen MR) is 189 cm³/mol. The molecule has 2 aromatic carbocycles. The van der Waals surface area contributed by atoms with Crippen molar-refractivity contribution < 1.29 is 37.9 Å². The summed E-state index contributed by atoms with van der Waals surface area (Å²) < 4.78 is 43.8. The zero-order valence-electron chi connectivity index (χ0n) is 29.0. The predicted octanol–water partition coefficient (Wildman–Crippen LogP) is 7.57. The number of methoxy groups -OCH3 is 4. The van der Waals surface area contributed by atoms with Gasteiger partial charge in [-0.15, -0.1) is 0 Å². The van der Waals surface area contributed by atoms with E-state index in [1.165, 1.54) is 0 Å². The maximum Gasteiger partial charge on any atom is 0.161 e. The molecule has 0 N–H and O–H groups in total. The highest BCUT2D eigenvalue weighted by Gasteiger charge is 2.38. The van der Waals surface area contributed by atoms with Crippen molar-refractivity contribution in [2.45, 2.75) is 81.2 Å². The van der Waals surface area contributed by atoms with E-state index >= 15 is 0 Å². The number of nitriles is 2. The molecule has 2 heterocycles. The lowest BCUT2D eigenvalue weighted by Crippen LogP contribution is -2.32. The Hall–Kier alpha value is -2.81. The van der Waals surface area contributed by atoms with Crippen LogP contribution in [0.15, 0.2) is 36.4 Å². The molecule has 11 heteroatoms. The van der Waals surface area contributed by atoms with Gasteiger partial charge in [0.25, 0.3) is 0 Å². The van der Waals surface area contributed by atoms with Gasteiger partial charge in [-0.2, -0.15) is 10.5 Å². The number of alkyl halides is 1. The van der Waals surface area contributed by atoms with Gasteiger partial charge in [-0.1, -0.05) is 62.4 Å². The Labute approximate surface area is 294 Å². The van der Waals surface area contributed by atoms with Crippen LogP contribution in [0.3, 0.4) is 0 Å². The van der Waals surface area contributed by atoms with Gasteiger partial charge in [0.2, 0.25) is 0 Å². The van der Waals surface area contributed by atoms with Crippen molar-refractivity contribution in [1.82, 2.24) is 0 Å². The third-order valence-corrected chi connectivity index (χ3v) is 7.90. The van der Waals surface area contributed by atoms with E-state index in [0.717, 1.165) is 15.1 Å². The van der Waals surface area contributed by atoms with Crippen LogP contribution in [0.2, 0.25) is 0 Å². The average molecular weight is 767 g/mol. The summed E-state index contributed by atoms with van der Waals surface area (Å²) in [5.74, 6) is 2.54. The summed E-state index contributed by atoms with van der Waals surface area (Å²) in [6, 6.07) is 16.1. The van der Waals surface area contributed by atoms with Gasteiger partial charge in [0.1, 0.15) is 0 Å². The second-order valence-corrected chi connectivity index (χ2v) is 14.1. The van der Waals surface area contributed by atoms with Gasteiger partial charge in [-0.3, -0.25) is 0 Å². The Morgan fingerprint density at radius 2 is 1.21 bits per heavy atom. The largest absolute Gasteiger partial charge is 0.493 e. The lowest BCUT2D eigenvalue weighted by Gasteiger charge is -2.32. The maximum atomic E-state index is 9.96. The van der Waals surface area contributed by atoms with E-state index in [1.807, 2.05) is 36.4 Å². The number of rotatable bonds is 13. The lowest BCUT2D eigenvalue weighted by atomic mass is 9.69. The van der Waals surface area contributed by atoms with Crippen LogP contribution in [0.25, 0.3) is 0 Å². The van der Waals surface area contributed by atoms with Crippen molar-refractivity contribution in [3.05, 3.63) is 47.5 Å². The molecule has 10 nitrogen and oxygen atoms in total. The molecular weight excluding hydrogens is 715 g/mol. The summed E-state index contributed by atoms with van der Waals surface area (Å²) >= 11 is 2.34. The topological polar surface area (TPSA) is 121 Å². The number of halogens is 1. The molecular formula is C36H51IN2O8. The zero-order chi connectivity index (χ0) is 34.8. The number of benzene rings is 2. The Balaban J connectivity index is 0.000000296. The number of hydrogen-bond donors (Lipinski definition) is 0. The first-order valence-corrected chi connectivity index (χ1v) is 17.2. The molecule has 47 heavy (non-hydrogen) atoms. The molecule has 0 radical (unpaired) electrons. The van der Waals surface area contributed by atoms with Crippen LogP contribution in [0.4, 0.5) is 0 Å². The van der Waals surface area contributed by atoms with E-state index in [9.17, 15) is 10.5 Å². The Morgan fingerprint density at radius 1 is 0.745 bits per heavy atom. The molecule has 0 spiro atoms. The van der Waals surface area contributed by atoms with Gasteiger partial charge in [-0.25, -0.2) is 0 Å². The monoisotopic (exact) mass is 766 g/mol. The average Bonchev–Trinajstić information content (AvgIpc) is 3.80. The standard InChI is InChI=1S/C18H25NO4.C15H19NO4.C3H7I/c1-13(2)18(12-19,8-7-17-22-9-10-23-17)14-5-6-15(20-3)16(11-14)21-4;1-17-13-5-3-11(9-14(13)18-2)12(10-16)4-6-15-19-7-8-20-15;1-3(2)4/h5-6,11,13,17H,7-10H2,1-4H3;3,5,9,12,15H,4,6-8H2,1-2H3;3H,1-2H3. The van der Waals surface area contributed by atoms with Crippen LogP contribution >= 0.6 is 22.6 Å². The highest BCUT2D eigenvalue weighted by molar-refractivity contribution is 14.1. The smallest absolute Gasteiger partial charge is 0.161 e. The van der Waals surface area contributed by atoms with Crippen molar-refractivity contribution in [2.24, 2.45) is 5.92 Å². The van der Waals surface area contributed by atoms with Gasteiger partial charge < -0.3 is 37.9 Å². The lowest BCUT2D eigenvalue weighted by molar-refractivity contribution is -0.0510. The quantitative estimate of drug-likeness (QED) is 0.149. The van der Waals surface area contributed by atoms with Gasteiger partial charge in [-0.05, 0) is 60.6 Å². The Bertz CT molecular complexity index is 1280. The molecule has 0 saturated carbocycles. The van der Waals surface area contributed by atoms with Gasteiger partial charge in [0.15, 0.2) is 35.6 Å². The second-order valence-electron chi connectivity index (χ2n) is 11.6. The summed E-state index contributed by atoms with van der Waals surface area (Å²) in [5, 5.41) is 19.3. The molecule has 2 aliphatic heterocycles. The van der Waals surface area contributed by atoms with Gasteiger partial charge >= 0.3 is 0 Å². The highest BCUT2D eigenvalue weighted by Crippen LogP contribution is 2.41. The zero-order valence-corrected chi connectivity index (χ0v) is 31.2. The van der Waals surface area contributed by atoms with Crippen LogP contribution in [-0.2, 0) is 24.4 Å². The minimum absolute atomic E-state index is 0.145. The first-order chi connectivity index (χ1) is 22.6. The molecule has 2 fully saturated rings. The van der Waals surface area contributed by atoms with E-state index in [0.29, 0.717) is 75.1 Å². The molecule has 2 aromatic rings. The number of ether oxygens (including phenoxy) is 8. The molecule has 0 aliphatic carbocycles. The molecule has 2 aliphatic rings. The van der Waals surface area contributed by atoms with E-state index in [2.05, 4.69) is 62.4 Å². The normalized spacial score (nSPS) is 16.5. The van der Waals surface area contributed by atoms with Crippen LogP contribution in [0.5, 0.6) is 23.0 Å². The molecule has 260 valence electrons. The first kappa shape index (κ1) is 40.4. The van der Waals surface area contributed by atoms with E-state index in [4.69, 9.17) is 37.9 Å². The summed E-state index contributed by atoms with van der Waals surface area (Å²) in [7, 11) is 6.38. The molecule has 0 aromatic heterocycles. The fraction of sp³-hybridized carbons (Fsp3) is 0.611. The van der Waals surface area contributed by atoms with Crippen molar-refractivity contribution in [1.29, 1.82) is 10.5 Å². The molecule has 2 atom stereocenters. The van der Waals surface area contributed by atoms with Crippen LogP contribution in [-0.4, -0.2) is 71.4 Å². The molecule has 2 unspecified atom stereocenters. The van der Waals surface area contributed by atoms with Crippen LogP contribution in [0, 0.1) is 28.6 Å². The van der Waals surface area contributed by atoms with Crippen molar-refractivity contribution in [3.63, 3.8) is 0 Å². The third kappa shape index (κ3) is 12.3. The summed E-state index contributed by atoms with van der Waals surface area (Å²) in [6.07, 6.45) is 2.39. The minimum atomic E-state index is -0.616. The minimum Gasteiger partial charge on any atom is -0.493 e. The summed E-state index contributed by atoms with van der Waals surface area (Å²) in [6.45, 7) is 11.0. The second kappa shape index (κ2) is 21.2. The molecule has 2 saturated heterocycles. The van der Waals surface area contributed by atoms with E-state index in [-0.39, 0.29) is 24.4 Å². The van der Waals surface area contributed by atoms with Crippen LogP contribution in [0.1, 0.15) is 70.4 Å². The molecule has 4 rings (SSSR count). The van der Waals surface area contributed by atoms with E-state index in [1.54, 1.807) is 28.4 Å².